The number of hydrogen-bond donors (Lipinski definition) is 1. The van der Waals surface area contributed by atoms with Crippen molar-refractivity contribution >= 4 is 28.1 Å². The monoisotopic (exact) mass is 321 g/mol. The summed E-state index contributed by atoms with van der Waals surface area (Å²) in [6.07, 6.45) is 2.74. The molecule has 2 rings (SSSR count). The third kappa shape index (κ3) is 3.69. The zero-order valence-corrected chi connectivity index (χ0v) is 11.3. The number of hydrogen-bond acceptors (Lipinski definition) is 3. The van der Waals surface area contributed by atoms with Gasteiger partial charge in [0.1, 0.15) is 11.5 Å². The van der Waals surface area contributed by atoms with Crippen LogP contribution in [0.3, 0.4) is 0 Å². The average Bonchev–Trinajstić information content (AvgIpc) is 2.43. The smallest absolute Gasteiger partial charge is 0.266 e. The molecule has 6 heteroatoms. The quantitative estimate of drug-likeness (QED) is 0.698. The molecule has 1 N–H and O–H groups in total. The Morgan fingerprint density at radius 3 is 2.95 bits per heavy atom. The minimum atomic E-state index is -0.452. The van der Waals surface area contributed by atoms with Gasteiger partial charge in [0.25, 0.3) is 5.91 Å². The van der Waals surface area contributed by atoms with Crippen LogP contribution in [0.1, 0.15) is 16.1 Å². The van der Waals surface area contributed by atoms with E-state index in [0.29, 0.717) is 0 Å². The van der Waals surface area contributed by atoms with E-state index < -0.39 is 11.7 Å². The molecular formula is C13H9BrFN3O. The number of amides is 1. The standard InChI is InChI=1S/C13H9BrFN3O/c14-10-4-5-11(15)9(7-10)8-17-18-13(19)12-3-1-2-6-16-12/h1-8H,(H,18,19). The van der Waals surface area contributed by atoms with Crippen LogP contribution in [-0.4, -0.2) is 17.1 Å². The zero-order chi connectivity index (χ0) is 13.7. The molecular weight excluding hydrogens is 313 g/mol. The third-order valence-corrected chi connectivity index (χ3v) is 2.72. The molecule has 1 aromatic carbocycles. The van der Waals surface area contributed by atoms with Crippen molar-refractivity contribution < 1.29 is 9.18 Å². The van der Waals surface area contributed by atoms with Crippen molar-refractivity contribution in [3.63, 3.8) is 0 Å². The highest BCUT2D eigenvalue weighted by Gasteiger charge is 2.04. The molecule has 96 valence electrons. The maximum Gasteiger partial charge on any atom is 0.289 e. The summed E-state index contributed by atoms with van der Waals surface area (Å²) in [5.74, 6) is -0.869. The predicted octanol–water partition coefficient (Wildman–Crippen LogP) is 2.75. The van der Waals surface area contributed by atoms with Gasteiger partial charge < -0.3 is 0 Å². The van der Waals surface area contributed by atoms with E-state index in [9.17, 15) is 9.18 Å². The van der Waals surface area contributed by atoms with Gasteiger partial charge in [0, 0.05) is 16.2 Å². The Hall–Kier alpha value is -2.08. The maximum atomic E-state index is 13.4. The summed E-state index contributed by atoms with van der Waals surface area (Å²) in [4.78, 5) is 15.5. The second kappa shape index (κ2) is 6.19. The lowest BCUT2D eigenvalue weighted by Crippen LogP contribution is -2.18. The Morgan fingerprint density at radius 1 is 1.37 bits per heavy atom. The van der Waals surface area contributed by atoms with Crippen LogP contribution in [0.2, 0.25) is 0 Å². The molecule has 1 aromatic heterocycles. The number of pyridine rings is 1. The van der Waals surface area contributed by atoms with E-state index in [1.54, 1.807) is 30.3 Å². The fourth-order valence-electron chi connectivity index (χ4n) is 1.33. The highest BCUT2D eigenvalue weighted by atomic mass is 79.9. The van der Waals surface area contributed by atoms with Gasteiger partial charge >= 0.3 is 0 Å². The highest BCUT2D eigenvalue weighted by molar-refractivity contribution is 9.10. The number of carbonyl (C=O) groups is 1. The van der Waals surface area contributed by atoms with Crippen molar-refractivity contribution in [2.24, 2.45) is 5.10 Å². The summed E-state index contributed by atoms with van der Waals surface area (Å²) < 4.78 is 14.1. The summed E-state index contributed by atoms with van der Waals surface area (Å²) >= 11 is 3.23. The van der Waals surface area contributed by atoms with Crippen molar-refractivity contribution in [1.82, 2.24) is 10.4 Å². The molecule has 0 fully saturated rings. The first kappa shape index (κ1) is 13.4. The van der Waals surface area contributed by atoms with Crippen LogP contribution in [0.15, 0.2) is 52.2 Å². The van der Waals surface area contributed by atoms with Crippen molar-refractivity contribution in [3.05, 3.63) is 64.1 Å². The van der Waals surface area contributed by atoms with Crippen molar-refractivity contribution in [2.45, 2.75) is 0 Å². The lowest BCUT2D eigenvalue weighted by molar-refractivity contribution is 0.0950. The molecule has 4 nitrogen and oxygen atoms in total. The van der Waals surface area contributed by atoms with Crippen LogP contribution in [-0.2, 0) is 0 Å². The molecule has 0 unspecified atom stereocenters. The minimum absolute atomic E-state index is 0.245. The summed E-state index contributed by atoms with van der Waals surface area (Å²) in [5, 5.41) is 3.69. The first-order valence-corrected chi connectivity index (χ1v) is 6.15. The normalized spacial score (nSPS) is 10.6. The van der Waals surface area contributed by atoms with E-state index in [-0.39, 0.29) is 11.3 Å². The molecule has 0 saturated carbocycles. The molecule has 0 aliphatic heterocycles. The number of halogens is 2. The number of rotatable bonds is 3. The van der Waals surface area contributed by atoms with Crippen LogP contribution < -0.4 is 5.43 Å². The van der Waals surface area contributed by atoms with Gasteiger partial charge in [-0.05, 0) is 30.3 Å². The van der Waals surface area contributed by atoms with E-state index in [0.717, 1.165) is 4.47 Å². The van der Waals surface area contributed by atoms with Gasteiger partial charge in [0.15, 0.2) is 0 Å². The van der Waals surface area contributed by atoms with Crippen LogP contribution in [0.4, 0.5) is 4.39 Å². The first-order valence-electron chi connectivity index (χ1n) is 5.36. The summed E-state index contributed by atoms with van der Waals surface area (Å²) in [6.45, 7) is 0. The Bertz CT molecular complexity index is 617. The number of benzene rings is 1. The van der Waals surface area contributed by atoms with Crippen molar-refractivity contribution in [2.75, 3.05) is 0 Å². The van der Waals surface area contributed by atoms with Gasteiger partial charge in [0.2, 0.25) is 0 Å². The molecule has 0 saturated heterocycles. The Balaban J connectivity index is 2.04. The van der Waals surface area contributed by atoms with Gasteiger partial charge in [0.05, 0.1) is 6.21 Å². The molecule has 0 radical (unpaired) electrons. The van der Waals surface area contributed by atoms with E-state index >= 15 is 0 Å². The van der Waals surface area contributed by atoms with Gasteiger partial charge in [-0.2, -0.15) is 5.10 Å². The van der Waals surface area contributed by atoms with E-state index in [1.807, 2.05) is 0 Å². The molecule has 0 bridgehead atoms. The summed E-state index contributed by atoms with van der Waals surface area (Å²) in [5.41, 5.74) is 2.80. The lowest BCUT2D eigenvalue weighted by Gasteiger charge is -1.99. The van der Waals surface area contributed by atoms with Gasteiger partial charge in [-0.1, -0.05) is 22.0 Å². The Morgan fingerprint density at radius 2 is 2.21 bits per heavy atom. The zero-order valence-electron chi connectivity index (χ0n) is 9.68. The number of aromatic nitrogens is 1. The van der Waals surface area contributed by atoms with E-state index in [4.69, 9.17) is 0 Å². The molecule has 2 aromatic rings. The molecule has 0 spiro atoms. The third-order valence-electron chi connectivity index (χ3n) is 2.23. The second-order valence-corrected chi connectivity index (χ2v) is 4.50. The molecule has 0 aliphatic rings. The molecule has 1 amide bonds. The largest absolute Gasteiger partial charge is 0.289 e. The number of carbonyl (C=O) groups excluding carboxylic acids is 1. The van der Waals surface area contributed by atoms with E-state index in [2.05, 4.69) is 31.4 Å². The van der Waals surface area contributed by atoms with Crippen molar-refractivity contribution in [1.29, 1.82) is 0 Å². The Kier molecular flexibility index (Phi) is 4.35. The lowest BCUT2D eigenvalue weighted by atomic mass is 10.2. The maximum absolute atomic E-state index is 13.4. The second-order valence-electron chi connectivity index (χ2n) is 3.58. The minimum Gasteiger partial charge on any atom is -0.266 e. The van der Waals surface area contributed by atoms with E-state index in [1.165, 1.54) is 18.5 Å². The molecule has 1 heterocycles. The van der Waals surface area contributed by atoms with Crippen LogP contribution in [0, 0.1) is 5.82 Å². The van der Waals surface area contributed by atoms with Crippen molar-refractivity contribution in [3.8, 4) is 0 Å². The van der Waals surface area contributed by atoms with Gasteiger partial charge in [-0.3, -0.25) is 9.78 Å². The average molecular weight is 322 g/mol. The summed E-state index contributed by atoms with van der Waals surface area (Å²) in [7, 11) is 0. The fraction of sp³-hybridized carbons (Fsp3) is 0. The SMILES string of the molecule is O=C(NN=Cc1cc(Br)ccc1F)c1ccccn1. The fourth-order valence-corrected chi connectivity index (χ4v) is 1.71. The molecule has 19 heavy (non-hydrogen) atoms. The van der Waals surface area contributed by atoms with Crippen LogP contribution in [0.5, 0.6) is 0 Å². The predicted molar refractivity (Wildman–Crippen MR) is 73.4 cm³/mol. The highest BCUT2D eigenvalue weighted by Crippen LogP contribution is 2.13. The van der Waals surface area contributed by atoms with Crippen LogP contribution in [0.25, 0.3) is 0 Å². The summed E-state index contributed by atoms with van der Waals surface area (Å²) in [6, 6.07) is 9.41. The van der Waals surface area contributed by atoms with Gasteiger partial charge in [-0.15, -0.1) is 0 Å². The number of nitrogens with zero attached hydrogens (tertiary/aromatic N) is 2. The first-order chi connectivity index (χ1) is 9.16. The topological polar surface area (TPSA) is 54.4 Å². The molecule has 0 atom stereocenters. The molecule has 0 aliphatic carbocycles. The van der Waals surface area contributed by atoms with Gasteiger partial charge in [-0.25, -0.2) is 9.82 Å². The Labute approximate surface area is 117 Å². The number of nitrogens with one attached hydrogen (secondary N) is 1. The van der Waals surface area contributed by atoms with Crippen LogP contribution >= 0.6 is 15.9 Å². The number of hydrazone groups is 1.